The highest BCUT2D eigenvalue weighted by Gasteiger charge is 2.19. The zero-order chi connectivity index (χ0) is 21.9. The van der Waals surface area contributed by atoms with E-state index >= 15 is 0 Å². The Balaban J connectivity index is 1.67. The van der Waals surface area contributed by atoms with Gasteiger partial charge < -0.3 is 10.1 Å². The zero-order valence-electron chi connectivity index (χ0n) is 15.9. The summed E-state index contributed by atoms with van der Waals surface area (Å²) in [7, 11) is -2.25. The Hall–Kier alpha value is -2.60. The number of amides is 1. The van der Waals surface area contributed by atoms with E-state index in [-0.39, 0.29) is 10.8 Å². The number of thioether (sulfide) groups is 1. The Morgan fingerprint density at radius 1 is 1.27 bits per heavy atom. The number of nitrogens with one attached hydrogen (secondary N) is 2. The lowest BCUT2D eigenvalue weighted by Crippen LogP contribution is -2.22. The fraction of sp³-hybridized carbons (Fsp3) is 0.167. The molecular formula is C18H18ClN5O4S2. The van der Waals surface area contributed by atoms with Crippen molar-refractivity contribution in [2.24, 2.45) is 5.14 Å². The van der Waals surface area contributed by atoms with Crippen molar-refractivity contribution >= 4 is 45.0 Å². The fourth-order valence-electron chi connectivity index (χ4n) is 2.47. The molecule has 0 aliphatic rings. The van der Waals surface area contributed by atoms with E-state index in [4.69, 9.17) is 21.5 Å². The van der Waals surface area contributed by atoms with Gasteiger partial charge in [-0.1, -0.05) is 23.4 Å². The number of sulfonamides is 1. The van der Waals surface area contributed by atoms with Gasteiger partial charge in [-0.25, -0.2) is 18.5 Å². The number of hydrogen-bond acceptors (Lipinski definition) is 7. The third-order valence-electron chi connectivity index (χ3n) is 3.98. The molecule has 0 saturated heterocycles. The van der Waals surface area contributed by atoms with Crippen molar-refractivity contribution < 1.29 is 17.9 Å². The van der Waals surface area contributed by atoms with Crippen LogP contribution in [0.1, 0.15) is 6.92 Å². The molecule has 158 valence electrons. The van der Waals surface area contributed by atoms with Crippen LogP contribution in [0, 0.1) is 0 Å². The van der Waals surface area contributed by atoms with Gasteiger partial charge in [0.25, 0.3) is 0 Å². The Bertz CT molecular complexity index is 1170. The molecule has 1 amide bonds. The number of methoxy groups -OCH3 is 1. The maximum Gasteiger partial charge on any atom is 0.238 e. The summed E-state index contributed by atoms with van der Waals surface area (Å²) in [4.78, 5) is 16.8. The number of nitrogens with zero attached hydrogens (tertiary/aromatic N) is 2. The van der Waals surface area contributed by atoms with E-state index in [0.29, 0.717) is 33.0 Å². The van der Waals surface area contributed by atoms with Gasteiger partial charge in [0.05, 0.1) is 22.8 Å². The number of benzene rings is 2. The minimum Gasteiger partial charge on any atom is -0.496 e. The summed E-state index contributed by atoms with van der Waals surface area (Å²) in [5.41, 5.74) is 1.09. The number of aromatic nitrogens is 3. The van der Waals surface area contributed by atoms with Crippen molar-refractivity contribution in [1.82, 2.24) is 15.2 Å². The number of hydrogen-bond donors (Lipinski definition) is 3. The quantitative estimate of drug-likeness (QED) is 0.453. The first-order chi connectivity index (χ1) is 14.2. The SMILES string of the molecule is COc1ccc(Cl)cc1-c1nc(SC(C)C(=O)Nc2ccc(S(N)(=O)=O)cc2)n[nH]1. The van der Waals surface area contributed by atoms with Gasteiger partial charge in [-0.2, -0.15) is 0 Å². The molecule has 1 atom stereocenters. The molecule has 30 heavy (non-hydrogen) atoms. The van der Waals surface area contributed by atoms with Crippen molar-refractivity contribution in [2.75, 3.05) is 12.4 Å². The number of rotatable bonds is 7. The van der Waals surface area contributed by atoms with Crippen molar-refractivity contribution in [3.63, 3.8) is 0 Å². The minimum absolute atomic E-state index is 0.0346. The van der Waals surface area contributed by atoms with E-state index in [1.165, 1.54) is 24.3 Å². The van der Waals surface area contributed by atoms with E-state index in [2.05, 4.69) is 20.5 Å². The minimum atomic E-state index is -3.79. The molecule has 3 rings (SSSR count). The summed E-state index contributed by atoms with van der Waals surface area (Å²) in [6, 6.07) is 10.7. The predicted molar refractivity (Wildman–Crippen MR) is 115 cm³/mol. The standard InChI is InChI=1S/C18H18ClN5O4S2/c1-10(17(25)21-12-4-6-13(7-5-12)30(20,26)27)29-18-22-16(23-24-18)14-9-11(19)3-8-15(14)28-2/h3-10H,1-2H3,(H,21,25)(H2,20,26,27)(H,22,23,24). The summed E-state index contributed by atoms with van der Waals surface area (Å²) in [6.07, 6.45) is 0. The van der Waals surface area contributed by atoms with Crippen LogP contribution >= 0.6 is 23.4 Å². The first-order valence-electron chi connectivity index (χ1n) is 8.54. The molecule has 0 spiro atoms. The third-order valence-corrected chi connectivity index (χ3v) is 6.11. The Morgan fingerprint density at radius 2 is 1.97 bits per heavy atom. The number of H-pyrrole nitrogens is 1. The van der Waals surface area contributed by atoms with Crippen LogP contribution in [0.4, 0.5) is 5.69 Å². The third kappa shape index (κ3) is 5.30. The number of aromatic amines is 1. The van der Waals surface area contributed by atoms with Gasteiger partial charge in [-0.15, -0.1) is 5.10 Å². The summed E-state index contributed by atoms with van der Waals surface area (Å²) >= 11 is 7.21. The van der Waals surface area contributed by atoms with Crippen LogP contribution in [-0.2, 0) is 14.8 Å². The first-order valence-corrected chi connectivity index (χ1v) is 11.3. The van der Waals surface area contributed by atoms with E-state index in [9.17, 15) is 13.2 Å². The molecule has 1 heterocycles. The normalized spacial score (nSPS) is 12.4. The number of primary sulfonamides is 1. The van der Waals surface area contributed by atoms with Gasteiger partial charge in [0, 0.05) is 10.7 Å². The predicted octanol–water partition coefficient (Wildman–Crippen LogP) is 2.90. The monoisotopic (exact) mass is 467 g/mol. The van der Waals surface area contributed by atoms with Crippen LogP contribution in [0.3, 0.4) is 0 Å². The van der Waals surface area contributed by atoms with Crippen LogP contribution in [-0.4, -0.2) is 41.9 Å². The lowest BCUT2D eigenvalue weighted by atomic mass is 10.2. The van der Waals surface area contributed by atoms with Gasteiger partial charge in [0.15, 0.2) is 5.82 Å². The van der Waals surface area contributed by atoms with Crippen LogP contribution < -0.4 is 15.2 Å². The molecule has 12 heteroatoms. The van der Waals surface area contributed by atoms with Gasteiger partial charge >= 0.3 is 0 Å². The number of anilines is 1. The van der Waals surface area contributed by atoms with Crippen molar-refractivity contribution in [1.29, 1.82) is 0 Å². The Kier molecular flexibility index (Phi) is 6.66. The molecular weight excluding hydrogens is 450 g/mol. The lowest BCUT2D eigenvalue weighted by molar-refractivity contribution is -0.115. The number of nitrogens with two attached hydrogens (primary N) is 1. The smallest absolute Gasteiger partial charge is 0.238 e. The molecule has 4 N–H and O–H groups in total. The van der Waals surface area contributed by atoms with Crippen LogP contribution in [0.15, 0.2) is 52.5 Å². The number of ether oxygens (including phenoxy) is 1. The average Bonchev–Trinajstić information content (AvgIpc) is 3.16. The molecule has 1 unspecified atom stereocenters. The van der Waals surface area contributed by atoms with Crippen LogP contribution in [0.2, 0.25) is 5.02 Å². The molecule has 0 aliphatic carbocycles. The highest BCUT2D eigenvalue weighted by molar-refractivity contribution is 8.00. The van der Waals surface area contributed by atoms with Gasteiger partial charge in [-0.05, 0) is 49.4 Å². The lowest BCUT2D eigenvalue weighted by Gasteiger charge is -2.10. The second-order valence-corrected chi connectivity index (χ2v) is 9.44. The Labute approximate surface area is 182 Å². The number of carbonyl (C=O) groups is 1. The molecule has 0 radical (unpaired) electrons. The van der Waals surface area contributed by atoms with Crippen molar-refractivity contribution in [2.45, 2.75) is 22.2 Å². The highest BCUT2D eigenvalue weighted by Crippen LogP contribution is 2.31. The Morgan fingerprint density at radius 3 is 2.60 bits per heavy atom. The fourth-order valence-corrected chi connectivity index (χ4v) is 3.88. The number of carbonyl (C=O) groups excluding carboxylic acids is 1. The maximum absolute atomic E-state index is 12.4. The second kappa shape index (κ2) is 9.04. The maximum atomic E-state index is 12.4. The molecule has 2 aromatic carbocycles. The van der Waals surface area contributed by atoms with Crippen molar-refractivity contribution in [3.8, 4) is 17.1 Å². The van der Waals surface area contributed by atoms with E-state index in [1.54, 1.807) is 32.2 Å². The van der Waals surface area contributed by atoms with E-state index in [0.717, 1.165) is 11.8 Å². The largest absolute Gasteiger partial charge is 0.496 e. The van der Waals surface area contributed by atoms with E-state index in [1.807, 2.05) is 0 Å². The zero-order valence-corrected chi connectivity index (χ0v) is 18.3. The molecule has 1 aromatic heterocycles. The molecule has 0 aliphatic heterocycles. The molecule has 0 bridgehead atoms. The first kappa shape index (κ1) is 22.1. The molecule has 0 fully saturated rings. The summed E-state index contributed by atoms with van der Waals surface area (Å²) in [6.45, 7) is 1.70. The summed E-state index contributed by atoms with van der Waals surface area (Å²) in [5.74, 6) is 0.749. The molecule has 0 saturated carbocycles. The average molecular weight is 468 g/mol. The van der Waals surface area contributed by atoms with Crippen LogP contribution in [0.5, 0.6) is 5.75 Å². The molecule has 3 aromatic rings. The van der Waals surface area contributed by atoms with E-state index < -0.39 is 15.3 Å². The number of halogens is 1. The van der Waals surface area contributed by atoms with Gasteiger partial charge in [-0.3, -0.25) is 9.89 Å². The second-order valence-electron chi connectivity index (χ2n) is 6.13. The van der Waals surface area contributed by atoms with Gasteiger partial charge in [0.1, 0.15) is 5.75 Å². The van der Waals surface area contributed by atoms with Crippen LogP contribution in [0.25, 0.3) is 11.4 Å². The van der Waals surface area contributed by atoms with Crippen molar-refractivity contribution in [3.05, 3.63) is 47.5 Å². The topological polar surface area (TPSA) is 140 Å². The summed E-state index contributed by atoms with van der Waals surface area (Å²) in [5, 5.41) is 15.1. The highest BCUT2D eigenvalue weighted by atomic mass is 35.5. The summed E-state index contributed by atoms with van der Waals surface area (Å²) < 4.78 is 27.9. The molecule has 9 nitrogen and oxygen atoms in total. The van der Waals surface area contributed by atoms with Gasteiger partial charge in [0.2, 0.25) is 21.1 Å².